The number of para-hydroxylation sites is 1. The van der Waals surface area contributed by atoms with Crippen LogP contribution in [0.1, 0.15) is 11.1 Å². The molecule has 2 aromatic carbocycles. The van der Waals surface area contributed by atoms with Crippen molar-refractivity contribution in [3.63, 3.8) is 0 Å². The number of hydrogen-bond acceptors (Lipinski definition) is 1. The van der Waals surface area contributed by atoms with Crippen LogP contribution in [0.5, 0.6) is 0 Å². The van der Waals surface area contributed by atoms with Gasteiger partial charge in [-0.1, -0.05) is 52.3 Å². The van der Waals surface area contributed by atoms with E-state index in [1.807, 2.05) is 0 Å². The van der Waals surface area contributed by atoms with E-state index in [0.717, 1.165) is 0 Å². The monoisotopic (exact) mass is 307 g/mol. The molecule has 0 fully saturated rings. The number of aliphatic imine (C=N–C) groups is 1. The van der Waals surface area contributed by atoms with Crippen molar-refractivity contribution in [2.75, 3.05) is 0 Å². The second kappa shape index (κ2) is 3.99. The van der Waals surface area contributed by atoms with Crippen LogP contribution in [-0.4, -0.2) is 5.71 Å². The number of halogens is 3. The number of fused-ring (bicyclic) bond motifs is 1. The van der Waals surface area contributed by atoms with Crippen LogP contribution < -0.4 is 0 Å². The Balaban J connectivity index is 2.20. The van der Waals surface area contributed by atoms with Crippen LogP contribution in [0.2, 0.25) is 0 Å². The van der Waals surface area contributed by atoms with Crippen molar-refractivity contribution in [1.29, 1.82) is 0 Å². The predicted molar refractivity (Wildman–Crippen MR) is 70.7 cm³/mol. The summed E-state index contributed by atoms with van der Waals surface area (Å²) in [7, 11) is 0. The molecule has 1 aliphatic rings. The van der Waals surface area contributed by atoms with E-state index in [1.165, 1.54) is 6.07 Å². The molecule has 0 bridgehead atoms. The summed E-state index contributed by atoms with van der Waals surface area (Å²) in [4.78, 5) is 4.07. The lowest BCUT2D eigenvalue weighted by atomic mass is 10.0. The van der Waals surface area contributed by atoms with Gasteiger partial charge in [0.15, 0.2) is 0 Å². The Kier molecular flexibility index (Phi) is 2.55. The molecular formula is C14H8BrF2N. The Bertz CT molecular complexity index is 650. The van der Waals surface area contributed by atoms with E-state index >= 15 is 0 Å². The lowest BCUT2D eigenvalue weighted by Gasteiger charge is -2.14. The third-order valence-corrected chi connectivity index (χ3v) is 3.59. The van der Waals surface area contributed by atoms with Gasteiger partial charge in [0, 0.05) is 10.0 Å². The quantitative estimate of drug-likeness (QED) is 0.725. The first kappa shape index (κ1) is 11.5. The Hall–Kier alpha value is -1.55. The van der Waals surface area contributed by atoms with Crippen molar-refractivity contribution in [3.8, 4) is 0 Å². The molecule has 18 heavy (non-hydrogen) atoms. The molecule has 0 saturated carbocycles. The second-order valence-corrected chi connectivity index (χ2v) is 4.89. The molecule has 1 heterocycles. The highest BCUT2D eigenvalue weighted by Gasteiger charge is 2.45. The molecule has 0 radical (unpaired) electrons. The maximum atomic E-state index is 14.3. The molecule has 4 heteroatoms. The second-order valence-electron chi connectivity index (χ2n) is 4.03. The SMILES string of the molecule is FC1(F)C(c2ccccc2Br)=Nc2ccccc21. The van der Waals surface area contributed by atoms with Crippen LogP contribution in [0.15, 0.2) is 58.0 Å². The Morgan fingerprint density at radius 1 is 0.944 bits per heavy atom. The Morgan fingerprint density at radius 3 is 2.33 bits per heavy atom. The van der Waals surface area contributed by atoms with Crippen LogP contribution in [0.4, 0.5) is 14.5 Å². The highest BCUT2D eigenvalue weighted by Crippen LogP contribution is 2.45. The molecule has 0 unspecified atom stereocenters. The molecular weight excluding hydrogens is 300 g/mol. The maximum Gasteiger partial charge on any atom is 0.317 e. The van der Waals surface area contributed by atoms with Gasteiger partial charge in [0.2, 0.25) is 0 Å². The summed E-state index contributed by atoms with van der Waals surface area (Å²) in [5.74, 6) is -3.04. The van der Waals surface area contributed by atoms with Gasteiger partial charge in [0.05, 0.1) is 11.3 Å². The zero-order valence-electron chi connectivity index (χ0n) is 9.20. The third kappa shape index (κ3) is 1.60. The van der Waals surface area contributed by atoms with Crippen LogP contribution >= 0.6 is 15.9 Å². The largest absolute Gasteiger partial charge is 0.317 e. The van der Waals surface area contributed by atoms with Gasteiger partial charge in [-0.05, 0) is 12.1 Å². The molecule has 0 amide bonds. The summed E-state index contributed by atoms with van der Waals surface area (Å²) in [6.07, 6.45) is 0. The first-order chi connectivity index (χ1) is 8.60. The minimum Gasteiger partial charge on any atom is -0.246 e. The molecule has 0 N–H and O–H groups in total. The number of hydrogen-bond donors (Lipinski definition) is 0. The van der Waals surface area contributed by atoms with Crippen molar-refractivity contribution in [2.24, 2.45) is 4.99 Å². The molecule has 0 atom stereocenters. The molecule has 0 spiro atoms. The number of benzene rings is 2. The standard InChI is InChI=1S/C14H8BrF2N/c15-11-7-3-1-5-9(11)13-14(16,17)10-6-2-4-8-12(10)18-13/h1-8H. The summed E-state index contributed by atoms with van der Waals surface area (Å²) in [5, 5.41) is 0. The lowest BCUT2D eigenvalue weighted by Crippen LogP contribution is -2.23. The summed E-state index contributed by atoms with van der Waals surface area (Å²) in [6, 6.07) is 13.2. The van der Waals surface area contributed by atoms with E-state index in [0.29, 0.717) is 15.7 Å². The molecule has 90 valence electrons. The molecule has 1 nitrogen and oxygen atoms in total. The van der Waals surface area contributed by atoms with Crippen LogP contribution in [0.25, 0.3) is 0 Å². The van der Waals surface area contributed by atoms with Crippen molar-refractivity contribution in [2.45, 2.75) is 5.92 Å². The zero-order valence-corrected chi connectivity index (χ0v) is 10.8. The minimum atomic E-state index is -3.04. The maximum absolute atomic E-state index is 14.3. The minimum absolute atomic E-state index is 0.0317. The van der Waals surface area contributed by atoms with Crippen LogP contribution in [0, 0.1) is 0 Å². The van der Waals surface area contributed by atoms with Crippen molar-refractivity contribution in [1.82, 2.24) is 0 Å². The fourth-order valence-electron chi connectivity index (χ4n) is 2.04. The van der Waals surface area contributed by atoms with Gasteiger partial charge in [-0.25, -0.2) is 4.99 Å². The number of alkyl halides is 2. The molecule has 3 rings (SSSR count). The van der Waals surface area contributed by atoms with Crippen molar-refractivity contribution >= 4 is 27.3 Å². The average molecular weight is 308 g/mol. The highest BCUT2D eigenvalue weighted by atomic mass is 79.9. The van der Waals surface area contributed by atoms with Gasteiger partial charge in [-0.2, -0.15) is 8.78 Å². The lowest BCUT2D eigenvalue weighted by molar-refractivity contribution is 0.0810. The fraction of sp³-hybridized carbons (Fsp3) is 0.0714. The van der Waals surface area contributed by atoms with Gasteiger partial charge in [0.25, 0.3) is 0 Å². The molecule has 2 aromatic rings. The molecule has 1 aliphatic heterocycles. The number of rotatable bonds is 1. The normalized spacial score (nSPS) is 16.3. The van der Waals surface area contributed by atoms with E-state index in [1.54, 1.807) is 42.5 Å². The summed E-state index contributed by atoms with van der Waals surface area (Å²) in [6.45, 7) is 0. The summed E-state index contributed by atoms with van der Waals surface area (Å²) < 4.78 is 29.3. The third-order valence-electron chi connectivity index (χ3n) is 2.90. The first-order valence-corrected chi connectivity index (χ1v) is 6.21. The summed E-state index contributed by atoms with van der Waals surface area (Å²) >= 11 is 3.29. The van der Waals surface area contributed by atoms with E-state index in [2.05, 4.69) is 20.9 Å². The topological polar surface area (TPSA) is 12.4 Å². The smallest absolute Gasteiger partial charge is 0.246 e. The first-order valence-electron chi connectivity index (χ1n) is 5.42. The van der Waals surface area contributed by atoms with E-state index < -0.39 is 5.92 Å². The zero-order chi connectivity index (χ0) is 12.8. The van der Waals surface area contributed by atoms with Gasteiger partial charge in [-0.15, -0.1) is 0 Å². The van der Waals surface area contributed by atoms with Crippen molar-refractivity contribution < 1.29 is 8.78 Å². The number of nitrogens with zero attached hydrogens (tertiary/aromatic N) is 1. The van der Waals surface area contributed by atoms with Gasteiger partial charge >= 0.3 is 5.92 Å². The van der Waals surface area contributed by atoms with E-state index in [-0.39, 0.29) is 11.3 Å². The fourth-order valence-corrected chi connectivity index (χ4v) is 2.51. The van der Waals surface area contributed by atoms with Crippen molar-refractivity contribution in [3.05, 3.63) is 64.1 Å². The van der Waals surface area contributed by atoms with Gasteiger partial charge in [0.1, 0.15) is 5.71 Å². The van der Waals surface area contributed by atoms with E-state index in [4.69, 9.17) is 0 Å². The average Bonchev–Trinajstić information content (AvgIpc) is 2.63. The highest BCUT2D eigenvalue weighted by molar-refractivity contribution is 9.10. The van der Waals surface area contributed by atoms with Crippen LogP contribution in [0.3, 0.4) is 0 Å². The van der Waals surface area contributed by atoms with Gasteiger partial charge < -0.3 is 0 Å². The van der Waals surface area contributed by atoms with E-state index in [9.17, 15) is 8.78 Å². The Morgan fingerprint density at radius 2 is 1.61 bits per heavy atom. The van der Waals surface area contributed by atoms with Crippen LogP contribution in [-0.2, 0) is 5.92 Å². The molecule has 0 aliphatic carbocycles. The molecule has 0 aromatic heterocycles. The molecule has 0 saturated heterocycles. The van der Waals surface area contributed by atoms with Gasteiger partial charge in [-0.3, -0.25) is 0 Å². The Labute approximate surface area is 111 Å². The summed E-state index contributed by atoms with van der Waals surface area (Å²) in [5.41, 5.74) is 0.541. The predicted octanol–water partition coefficient (Wildman–Crippen LogP) is 4.68.